The molecule has 3 aromatic rings. The first-order valence-corrected chi connectivity index (χ1v) is 10.1. The normalized spacial score (nSPS) is 16.1. The van der Waals surface area contributed by atoms with E-state index in [0.717, 1.165) is 43.9 Å². The number of anilines is 1. The summed E-state index contributed by atoms with van der Waals surface area (Å²) >= 11 is 0. The first-order valence-electron chi connectivity index (χ1n) is 10.1. The highest BCUT2D eigenvalue weighted by atomic mass is 19.1. The molecule has 0 radical (unpaired) electrons. The smallest absolute Gasteiger partial charge is 0.244 e. The Balaban J connectivity index is 1.47. The second-order valence-corrected chi connectivity index (χ2v) is 7.60. The molecule has 1 aliphatic heterocycles. The Labute approximate surface area is 175 Å². The molecule has 154 valence electrons. The second-order valence-electron chi connectivity index (χ2n) is 7.60. The number of hydrogen-bond donors (Lipinski definition) is 0. The van der Waals surface area contributed by atoms with Crippen molar-refractivity contribution in [1.82, 2.24) is 15.0 Å². The quantitative estimate of drug-likeness (QED) is 0.644. The first-order chi connectivity index (χ1) is 14.6. The molecule has 30 heavy (non-hydrogen) atoms. The fourth-order valence-electron chi connectivity index (χ4n) is 3.87. The van der Waals surface area contributed by atoms with Gasteiger partial charge in [-0.15, -0.1) is 0 Å². The van der Waals surface area contributed by atoms with Crippen LogP contribution in [0.15, 0.2) is 47.0 Å². The third-order valence-electron chi connectivity index (χ3n) is 5.66. The van der Waals surface area contributed by atoms with Crippen LogP contribution in [0, 0.1) is 24.1 Å². The van der Waals surface area contributed by atoms with Crippen LogP contribution in [0.3, 0.4) is 0 Å². The molecular weight excluding hydrogens is 381 g/mol. The van der Waals surface area contributed by atoms with Crippen molar-refractivity contribution < 1.29 is 8.91 Å². The molecular formula is C23H24FN5O. The first kappa shape index (κ1) is 20.0. The van der Waals surface area contributed by atoms with E-state index in [1.54, 1.807) is 19.1 Å². The monoisotopic (exact) mass is 405 g/mol. The lowest BCUT2D eigenvalue weighted by Gasteiger charge is -2.26. The van der Waals surface area contributed by atoms with Crippen molar-refractivity contribution in [1.29, 1.82) is 5.26 Å². The number of nitrogens with zero attached hydrogens (tertiary/aromatic N) is 5. The van der Waals surface area contributed by atoms with E-state index >= 15 is 0 Å². The van der Waals surface area contributed by atoms with Gasteiger partial charge < -0.3 is 9.42 Å². The van der Waals surface area contributed by atoms with E-state index in [0.29, 0.717) is 22.8 Å². The van der Waals surface area contributed by atoms with Crippen molar-refractivity contribution in [3.8, 4) is 17.5 Å². The summed E-state index contributed by atoms with van der Waals surface area (Å²) in [7, 11) is 0. The highest BCUT2D eigenvalue weighted by molar-refractivity contribution is 5.59. The van der Waals surface area contributed by atoms with Crippen molar-refractivity contribution in [2.45, 2.75) is 26.3 Å². The van der Waals surface area contributed by atoms with Crippen LogP contribution in [0.2, 0.25) is 0 Å². The molecule has 1 aromatic heterocycles. The number of rotatable bonds is 4. The molecule has 6 nitrogen and oxygen atoms in total. The van der Waals surface area contributed by atoms with Crippen LogP contribution in [0.25, 0.3) is 11.4 Å². The second kappa shape index (κ2) is 8.64. The van der Waals surface area contributed by atoms with Crippen LogP contribution >= 0.6 is 0 Å². The fraction of sp³-hybridized carbons (Fsp3) is 0.348. The van der Waals surface area contributed by atoms with Crippen molar-refractivity contribution in [2.75, 3.05) is 31.1 Å². The topological polar surface area (TPSA) is 69.2 Å². The molecule has 0 aliphatic carbocycles. The summed E-state index contributed by atoms with van der Waals surface area (Å²) in [6, 6.07) is 14.8. The van der Waals surface area contributed by atoms with Crippen molar-refractivity contribution >= 4 is 5.69 Å². The van der Waals surface area contributed by atoms with Gasteiger partial charge in [-0.2, -0.15) is 10.2 Å². The zero-order valence-electron chi connectivity index (χ0n) is 17.2. The van der Waals surface area contributed by atoms with Gasteiger partial charge in [0.05, 0.1) is 17.3 Å². The van der Waals surface area contributed by atoms with Gasteiger partial charge in [-0.1, -0.05) is 17.3 Å². The molecule has 7 heteroatoms. The van der Waals surface area contributed by atoms with Gasteiger partial charge in [0.15, 0.2) is 0 Å². The van der Waals surface area contributed by atoms with Crippen LogP contribution in [-0.2, 0) is 0 Å². The van der Waals surface area contributed by atoms with Crippen molar-refractivity contribution in [2.24, 2.45) is 0 Å². The SMILES string of the molecule is Cc1cc(-c2noc(C(C)N3CCCN(c4ccccc4C#N)CC3)n2)ccc1F. The molecule has 0 spiro atoms. The van der Waals surface area contributed by atoms with E-state index in [9.17, 15) is 9.65 Å². The van der Waals surface area contributed by atoms with Crippen LogP contribution < -0.4 is 4.90 Å². The summed E-state index contributed by atoms with van der Waals surface area (Å²) in [6.07, 6.45) is 0.974. The molecule has 4 rings (SSSR count). The van der Waals surface area contributed by atoms with E-state index in [2.05, 4.69) is 32.9 Å². The number of para-hydroxylation sites is 1. The van der Waals surface area contributed by atoms with Gasteiger partial charge >= 0.3 is 0 Å². The van der Waals surface area contributed by atoms with E-state index in [-0.39, 0.29) is 11.9 Å². The van der Waals surface area contributed by atoms with Crippen LogP contribution in [0.5, 0.6) is 0 Å². The average Bonchev–Trinajstić information content (AvgIpc) is 3.13. The summed E-state index contributed by atoms with van der Waals surface area (Å²) in [5.41, 5.74) is 2.99. The summed E-state index contributed by atoms with van der Waals surface area (Å²) in [5, 5.41) is 13.5. The standard InChI is InChI=1S/C23H24FN5O/c1-16-14-18(8-9-20(16)24)22-26-23(30-27-22)17(2)28-10-5-11-29(13-12-28)21-7-4-3-6-19(21)15-25/h3-4,6-9,14,17H,5,10-13H2,1-2H3. The largest absolute Gasteiger partial charge is 0.369 e. The summed E-state index contributed by atoms with van der Waals surface area (Å²) in [4.78, 5) is 9.15. The minimum absolute atomic E-state index is 0.0287. The van der Waals surface area contributed by atoms with Gasteiger partial charge in [0.1, 0.15) is 11.9 Å². The summed E-state index contributed by atoms with van der Waals surface area (Å²) in [5.74, 6) is 0.778. The Morgan fingerprint density at radius 1 is 1.13 bits per heavy atom. The molecule has 0 saturated carbocycles. The number of halogens is 1. The van der Waals surface area contributed by atoms with E-state index < -0.39 is 0 Å². The molecule has 1 saturated heterocycles. The number of aromatic nitrogens is 2. The lowest BCUT2D eigenvalue weighted by Crippen LogP contribution is -2.33. The Hall–Kier alpha value is -3.24. The summed E-state index contributed by atoms with van der Waals surface area (Å²) in [6.45, 7) is 7.23. The Morgan fingerprint density at radius 2 is 1.97 bits per heavy atom. The van der Waals surface area contributed by atoms with Crippen molar-refractivity contribution in [3.05, 3.63) is 65.3 Å². The zero-order valence-corrected chi connectivity index (χ0v) is 17.2. The van der Waals surface area contributed by atoms with Crippen molar-refractivity contribution in [3.63, 3.8) is 0 Å². The molecule has 2 aromatic carbocycles. The maximum Gasteiger partial charge on any atom is 0.244 e. The molecule has 0 amide bonds. The predicted octanol–water partition coefficient (Wildman–Crippen LogP) is 4.33. The highest BCUT2D eigenvalue weighted by Crippen LogP contribution is 2.26. The van der Waals surface area contributed by atoms with E-state index in [4.69, 9.17) is 4.52 Å². The molecule has 1 unspecified atom stereocenters. The molecule has 0 N–H and O–H groups in total. The van der Waals surface area contributed by atoms with Crippen LogP contribution in [0.4, 0.5) is 10.1 Å². The minimum Gasteiger partial charge on any atom is -0.369 e. The Morgan fingerprint density at radius 3 is 2.77 bits per heavy atom. The highest BCUT2D eigenvalue weighted by Gasteiger charge is 2.25. The third-order valence-corrected chi connectivity index (χ3v) is 5.66. The van der Waals surface area contributed by atoms with E-state index in [1.807, 2.05) is 24.3 Å². The number of benzene rings is 2. The fourth-order valence-corrected chi connectivity index (χ4v) is 3.87. The molecule has 0 bridgehead atoms. The Bertz CT molecular complexity index is 1070. The maximum atomic E-state index is 13.5. The maximum absolute atomic E-state index is 13.5. The van der Waals surface area contributed by atoms with Crippen LogP contribution in [-0.4, -0.2) is 41.2 Å². The van der Waals surface area contributed by atoms with Gasteiger partial charge in [-0.3, -0.25) is 4.90 Å². The third kappa shape index (κ3) is 4.05. The van der Waals surface area contributed by atoms with Crippen LogP contribution in [0.1, 0.15) is 36.4 Å². The lowest BCUT2D eigenvalue weighted by atomic mass is 10.1. The predicted molar refractivity (Wildman–Crippen MR) is 112 cm³/mol. The number of aryl methyl sites for hydroxylation is 1. The average molecular weight is 405 g/mol. The molecule has 1 aliphatic rings. The molecule has 1 fully saturated rings. The van der Waals surface area contributed by atoms with E-state index in [1.165, 1.54) is 6.07 Å². The van der Waals surface area contributed by atoms with Gasteiger partial charge in [0.2, 0.25) is 11.7 Å². The van der Waals surface area contributed by atoms with Gasteiger partial charge in [0, 0.05) is 31.7 Å². The lowest BCUT2D eigenvalue weighted by molar-refractivity contribution is 0.184. The number of nitriles is 1. The Kier molecular flexibility index (Phi) is 5.77. The van der Waals surface area contributed by atoms with Gasteiger partial charge in [-0.25, -0.2) is 4.39 Å². The zero-order chi connectivity index (χ0) is 21.1. The molecule has 1 atom stereocenters. The van der Waals surface area contributed by atoms with Gasteiger partial charge in [0.25, 0.3) is 0 Å². The van der Waals surface area contributed by atoms with Gasteiger partial charge in [-0.05, 0) is 56.2 Å². The number of hydrogen-bond acceptors (Lipinski definition) is 6. The minimum atomic E-state index is -0.247. The molecule has 2 heterocycles. The summed E-state index contributed by atoms with van der Waals surface area (Å²) < 4.78 is 19.1.